The van der Waals surface area contributed by atoms with Crippen molar-refractivity contribution in [3.8, 4) is 5.75 Å². The van der Waals surface area contributed by atoms with Gasteiger partial charge in [-0.15, -0.1) is 0 Å². The molecule has 2 aromatic rings. The fourth-order valence-electron chi connectivity index (χ4n) is 3.84. The Morgan fingerprint density at radius 1 is 1.04 bits per heavy atom. The van der Waals surface area contributed by atoms with Crippen LogP contribution in [0, 0.1) is 17.5 Å². The molecule has 0 atom stereocenters. The van der Waals surface area contributed by atoms with Gasteiger partial charge in [-0.05, 0) is 36.5 Å². The summed E-state index contributed by atoms with van der Waals surface area (Å²) in [5.74, 6) is -4.94. The summed E-state index contributed by atoms with van der Waals surface area (Å²) in [5.41, 5.74) is 2.47. The van der Waals surface area contributed by atoms with E-state index in [0.717, 1.165) is 5.54 Å². The lowest BCUT2D eigenvalue weighted by atomic mass is 9.83. The highest BCUT2D eigenvalue weighted by Crippen LogP contribution is 2.38. The molecule has 3 rings (SSSR count). The monoisotopic (exact) mass is 392 g/mol. The standard InChI is InChI=1S/C21H23F3O2Si/c1-2-27-17-9-7-14(8-10-17)13-3-5-15(6-4-13)21(25)26-16-11-18(22)20(24)19(23)12-16/h3-6,11-12,14,17H,2,7-10,27H2,1H3/t14-,17-. The molecule has 0 aromatic heterocycles. The van der Waals surface area contributed by atoms with E-state index in [2.05, 4.69) is 6.92 Å². The van der Waals surface area contributed by atoms with Crippen molar-refractivity contribution in [3.63, 3.8) is 0 Å². The Morgan fingerprint density at radius 3 is 2.19 bits per heavy atom. The highest BCUT2D eigenvalue weighted by Gasteiger charge is 2.22. The Kier molecular flexibility index (Phi) is 6.37. The van der Waals surface area contributed by atoms with Crippen LogP contribution in [0.25, 0.3) is 0 Å². The van der Waals surface area contributed by atoms with Crippen LogP contribution in [-0.2, 0) is 0 Å². The Bertz CT molecular complexity index is 777. The van der Waals surface area contributed by atoms with Crippen molar-refractivity contribution < 1.29 is 22.7 Å². The molecule has 0 amide bonds. The number of carbonyl (C=O) groups is 1. The fraction of sp³-hybridized carbons (Fsp3) is 0.381. The van der Waals surface area contributed by atoms with Gasteiger partial charge in [0.1, 0.15) is 5.75 Å². The molecule has 2 aromatic carbocycles. The second-order valence-electron chi connectivity index (χ2n) is 7.22. The zero-order valence-corrected chi connectivity index (χ0v) is 16.7. The molecule has 1 saturated carbocycles. The van der Waals surface area contributed by atoms with Gasteiger partial charge in [0.05, 0.1) is 5.56 Å². The summed E-state index contributed by atoms with van der Waals surface area (Å²) in [4.78, 5) is 12.2. The lowest BCUT2D eigenvalue weighted by Gasteiger charge is -2.28. The van der Waals surface area contributed by atoms with Gasteiger partial charge in [-0.25, -0.2) is 18.0 Å². The Labute approximate surface area is 159 Å². The number of hydrogen-bond donors (Lipinski definition) is 0. The number of hydrogen-bond acceptors (Lipinski definition) is 2. The number of esters is 1. The van der Waals surface area contributed by atoms with Gasteiger partial charge in [-0.1, -0.05) is 43.5 Å². The number of carbonyl (C=O) groups excluding carboxylic acids is 1. The molecule has 2 nitrogen and oxygen atoms in total. The van der Waals surface area contributed by atoms with Gasteiger partial charge < -0.3 is 4.74 Å². The fourth-order valence-corrected chi connectivity index (χ4v) is 5.71. The van der Waals surface area contributed by atoms with E-state index in [9.17, 15) is 18.0 Å². The van der Waals surface area contributed by atoms with Crippen molar-refractivity contribution in [2.24, 2.45) is 0 Å². The van der Waals surface area contributed by atoms with Crippen molar-refractivity contribution in [2.45, 2.75) is 50.1 Å². The van der Waals surface area contributed by atoms with Crippen molar-refractivity contribution in [2.75, 3.05) is 0 Å². The minimum atomic E-state index is -1.59. The summed E-state index contributed by atoms with van der Waals surface area (Å²) in [5, 5.41) is 0. The van der Waals surface area contributed by atoms with Crippen LogP contribution in [0.5, 0.6) is 5.75 Å². The van der Waals surface area contributed by atoms with E-state index in [-0.39, 0.29) is 20.8 Å². The number of ether oxygens (including phenoxy) is 1. The first-order chi connectivity index (χ1) is 13.0. The van der Waals surface area contributed by atoms with Crippen LogP contribution < -0.4 is 4.74 Å². The summed E-state index contributed by atoms with van der Waals surface area (Å²) >= 11 is 0. The van der Waals surface area contributed by atoms with Crippen LogP contribution in [-0.4, -0.2) is 15.5 Å². The molecule has 144 valence electrons. The van der Waals surface area contributed by atoms with E-state index in [0.29, 0.717) is 18.1 Å². The highest BCUT2D eigenvalue weighted by molar-refractivity contribution is 6.37. The molecule has 0 heterocycles. The molecular formula is C21H23F3O2Si. The maximum absolute atomic E-state index is 13.2. The maximum atomic E-state index is 13.2. The molecule has 1 fully saturated rings. The van der Waals surface area contributed by atoms with Crippen molar-refractivity contribution in [1.82, 2.24) is 0 Å². The van der Waals surface area contributed by atoms with Gasteiger partial charge in [0.25, 0.3) is 0 Å². The summed E-state index contributed by atoms with van der Waals surface area (Å²) in [7, 11) is 0.0808. The van der Waals surface area contributed by atoms with Gasteiger partial charge in [-0.3, -0.25) is 0 Å². The van der Waals surface area contributed by atoms with E-state index in [1.165, 1.54) is 37.3 Å². The normalized spacial score (nSPS) is 20.1. The molecule has 27 heavy (non-hydrogen) atoms. The molecular weight excluding hydrogens is 369 g/mol. The summed E-state index contributed by atoms with van der Waals surface area (Å²) in [6, 6.07) is 9.86. The van der Waals surface area contributed by atoms with E-state index in [1.54, 1.807) is 12.1 Å². The second-order valence-corrected chi connectivity index (χ2v) is 9.95. The number of halogens is 3. The zero-order valence-electron chi connectivity index (χ0n) is 15.3. The molecule has 0 aliphatic heterocycles. The number of rotatable bonds is 5. The average Bonchev–Trinajstić information content (AvgIpc) is 2.67. The first-order valence-corrected chi connectivity index (χ1v) is 11.3. The minimum Gasteiger partial charge on any atom is -0.423 e. The lowest BCUT2D eigenvalue weighted by Crippen LogP contribution is -2.14. The third-order valence-corrected chi connectivity index (χ3v) is 7.54. The summed E-state index contributed by atoms with van der Waals surface area (Å²) < 4.78 is 44.4. The predicted molar refractivity (Wildman–Crippen MR) is 102 cm³/mol. The van der Waals surface area contributed by atoms with Gasteiger partial charge in [0.15, 0.2) is 17.5 Å². The Balaban J connectivity index is 1.62. The molecule has 0 unspecified atom stereocenters. The van der Waals surface area contributed by atoms with Crippen LogP contribution in [0.4, 0.5) is 13.2 Å². The molecule has 6 heteroatoms. The van der Waals surface area contributed by atoms with Crippen molar-refractivity contribution >= 4 is 15.5 Å². The molecule has 1 aliphatic rings. The van der Waals surface area contributed by atoms with Gasteiger partial charge in [0, 0.05) is 21.7 Å². The third kappa shape index (κ3) is 4.80. The molecule has 0 N–H and O–H groups in total. The van der Waals surface area contributed by atoms with E-state index in [4.69, 9.17) is 4.74 Å². The van der Waals surface area contributed by atoms with Crippen LogP contribution in [0.3, 0.4) is 0 Å². The first-order valence-electron chi connectivity index (χ1n) is 9.44. The first kappa shape index (κ1) is 19.7. The topological polar surface area (TPSA) is 26.3 Å². The minimum absolute atomic E-state index is 0.0808. The highest BCUT2D eigenvalue weighted by atomic mass is 28.2. The van der Waals surface area contributed by atoms with Crippen LogP contribution in [0.15, 0.2) is 36.4 Å². The quantitative estimate of drug-likeness (QED) is 0.296. The van der Waals surface area contributed by atoms with Crippen molar-refractivity contribution in [3.05, 3.63) is 65.0 Å². The SMILES string of the molecule is CC[SiH2][C@H]1CC[C@H](c2ccc(C(=O)Oc3cc(F)c(F)c(F)c3)cc2)CC1. The van der Waals surface area contributed by atoms with Gasteiger partial charge in [0.2, 0.25) is 0 Å². The number of benzene rings is 2. The van der Waals surface area contributed by atoms with Gasteiger partial charge in [-0.2, -0.15) is 0 Å². The molecule has 0 spiro atoms. The lowest BCUT2D eigenvalue weighted by molar-refractivity contribution is 0.0733. The van der Waals surface area contributed by atoms with E-state index < -0.39 is 23.4 Å². The second kappa shape index (κ2) is 8.74. The maximum Gasteiger partial charge on any atom is 0.343 e. The largest absolute Gasteiger partial charge is 0.423 e. The van der Waals surface area contributed by atoms with Crippen LogP contribution in [0.1, 0.15) is 54.4 Å². The van der Waals surface area contributed by atoms with Crippen LogP contribution >= 0.6 is 0 Å². The molecule has 1 aliphatic carbocycles. The van der Waals surface area contributed by atoms with Crippen molar-refractivity contribution in [1.29, 1.82) is 0 Å². The smallest absolute Gasteiger partial charge is 0.343 e. The Morgan fingerprint density at radius 2 is 1.63 bits per heavy atom. The predicted octanol–water partition coefficient (Wildman–Crippen LogP) is 5.38. The van der Waals surface area contributed by atoms with E-state index >= 15 is 0 Å². The van der Waals surface area contributed by atoms with E-state index in [1.807, 2.05) is 12.1 Å². The van der Waals surface area contributed by atoms with Crippen LogP contribution in [0.2, 0.25) is 11.6 Å². The molecule has 0 bridgehead atoms. The third-order valence-electron chi connectivity index (χ3n) is 5.33. The van der Waals surface area contributed by atoms with Gasteiger partial charge >= 0.3 is 5.97 Å². The summed E-state index contributed by atoms with van der Waals surface area (Å²) in [6.07, 6.45) is 4.98. The molecule has 0 saturated heterocycles. The summed E-state index contributed by atoms with van der Waals surface area (Å²) in [6.45, 7) is 2.28. The molecule has 0 radical (unpaired) electrons. The Hall–Kier alpha value is -2.08. The zero-order chi connectivity index (χ0) is 19.4. The average molecular weight is 392 g/mol.